The summed E-state index contributed by atoms with van der Waals surface area (Å²) in [5.41, 5.74) is 1.27. The van der Waals surface area contributed by atoms with Crippen LogP contribution in [0.3, 0.4) is 0 Å². The largest absolute Gasteiger partial charge is 0.497 e. The molecular formula is C15H12N2O3S. The Morgan fingerprint density at radius 2 is 2.00 bits per heavy atom. The van der Waals surface area contributed by atoms with Crippen molar-refractivity contribution in [1.82, 2.24) is 0 Å². The van der Waals surface area contributed by atoms with Crippen LogP contribution in [-0.2, 0) is 0 Å². The van der Waals surface area contributed by atoms with Gasteiger partial charge in [-0.2, -0.15) is 0 Å². The Hall–Kier alpha value is -2.60. The Morgan fingerprint density at radius 1 is 1.19 bits per heavy atom. The van der Waals surface area contributed by atoms with Gasteiger partial charge in [-0.25, -0.2) is 0 Å². The van der Waals surface area contributed by atoms with E-state index in [2.05, 4.69) is 5.32 Å². The van der Waals surface area contributed by atoms with E-state index in [9.17, 15) is 10.1 Å². The maximum Gasteiger partial charge on any atom is 0.348 e. The van der Waals surface area contributed by atoms with Gasteiger partial charge >= 0.3 is 5.00 Å². The van der Waals surface area contributed by atoms with Gasteiger partial charge < -0.3 is 10.1 Å². The standard InChI is InChI=1S/C15H12N2O3S/c1-20-11-6-4-5-10(9-11)16-14-12-7-2-3-8-13(12)21-15(14)17(18)19/h2-9,16H,1H3. The molecule has 0 aliphatic carbocycles. The maximum absolute atomic E-state index is 11.3. The molecule has 3 rings (SSSR count). The van der Waals surface area contributed by atoms with Crippen molar-refractivity contribution in [3.8, 4) is 5.75 Å². The smallest absolute Gasteiger partial charge is 0.348 e. The van der Waals surface area contributed by atoms with Gasteiger partial charge in [0.15, 0.2) is 0 Å². The first kappa shape index (κ1) is 13.4. The van der Waals surface area contributed by atoms with Crippen LogP contribution in [-0.4, -0.2) is 12.0 Å². The molecule has 3 aromatic rings. The number of nitrogens with zero attached hydrogens (tertiary/aromatic N) is 1. The molecule has 2 aromatic carbocycles. The van der Waals surface area contributed by atoms with Crippen molar-refractivity contribution < 1.29 is 9.66 Å². The Morgan fingerprint density at radius 3 is 2.76 bits per heavy atom. The lowest BCUT2D eigenvalue weighted by Crippen LogP contribution is -1.94. The molecule has 0 unspecified atom stereocenters. The van der Waals surface area contributed by atoms with Crippen molar-refractivity contribution in [2.24, 2.45) is 0 Å². The third-order valence-corrected chi connectivity index (χ3v) is 4.20. The zero-order valence-corrected chi connectivity index (χ0v) is 12.0. The number of methoxy groups -OCH3 is 1. The van der Waals surface area contributed by atoms with Crippen LogP contribution in [0.1, 0.15) is 0 Å². The van der Waals surface area contributed by atoms with Crippen molar-refractivity contribution in [1.29, 1.82) is 0 Å². The van der Waals surface area contributed by atoms with Gasteiger partial charge in [0.25, 0.3) is 0 Å². The van der Waals surface area contributed by atoms with E-state index in [4.69, 9.17) is 4.74 Å². The van der Waals surface area contributed by atoms with Gasteiger partial charge in [0.05, 0.1) is 12.0 Å². The third kappa shape index (κ3) is 2.53. The first-order chi connectivity index (χ1) is 10.2. The summed E-state index contributed by atoms with van der Waals surface area (Å²) in [7, 11) is 1.58. The van der Waals surface area contributed by atoms with Crippen LogP contribution in [0.2, 0.25) is 0 Å². The number of fused-ring (bicyclic) bond motifs is 1. The number of hydrogen-bond acceptors (Lipinski definition) is 5. The zero-order valence-electron chi connectivity index (χ0n) is 11.2. The molecule has 1 N–H and O–H groups in total. The van der Waals surface area contributed by atoms with Crippen LogP contribution >= 0.6 is 11.3 Å². The number of ether oxygens (including phenoxy) is 1. The summed E-state index contributed by atoms with van der Waals surface area (Å²) in [6.45, 7) is 0. The maximum atomic E-state index is 11.3. The Kier molecular flexibility index (Phi) is 3.45. The van der Waals surface area contributed by atoms with Crippen molar-refractivity contribution in [2.45, 2.75) is 0 Å². The van der Waals surface area contributed by atoms with Crippen molar-refractivity contribution in [3.05, 3.63) is 58.6 Å². The average Bonchev–Trinajstić information content (AvgIpc) is 2.87. The van der Waals surface area contributed by atoms with Gasteiger partial charge in [-0.1, -0.05) is 35.6 Å². The highest BCUT2D eigenvalue weighted by molar-refractivity contribution is 7.23. The molecule has 1 aromatic heterocycles. The minimum Gasteiger partial charge on any atom is -0.497 e. The van der Waals surface area contributed by atoms with Gasteiger partial charge in [-0.05, 0) is 18.2 Å². The number of nitro groups is 1. The van der Waals surface area contributed by atoms with E-state index in [0.29, 0.717) is 11.4 Å². The van der Waals surface area contributed by atoms with E-state index in [-0.39, 0.29) is 9.92 Å². The van der Waals surface area contributed by atoms with Crippen LogP contribution < -0.4 is 10.1 Å². The molecule has 0 atom stereocenters. The molecule has 0 saturated carbocycles. The number of thiophene rings is 1. The van der Waals surface area contributed by atoms with E-state index in [1.807, 2.05) is 42.5 Å². The molecule has 6 heteroatoms. The Bertz CT molecular complexity index is 814. The summed E-state index contributed by atoms with van der Waals surface area (Å²) in [6, 6.07) is 14.8. The SMILES string of the molecule is COc1cccc(Nc2c([N+](=O)[O-])sc3ccccc23)c1. The molecule has 0 radical (unpaired) electrons. The lowest BCUT2D eigenvalue weighted by molar-refractivity contribution is -0.379. The van der Waals surface area contributed by atoms with Gasteiger partial charge in [0, 0.05) is 21.8 Å². The molecule has 0 bridgehead atoms. The molecule has 21 heavy (non-hydrogen) atoms. The first-order valence-electron chi connectivity index (χ1n) is 6.26. The van der Waals surface area contributed by atoms with Crippen LogP contribution in [0.5, 0.6) is 5.75 Å². The average molecular weight is 300 g/mol. The third-order valence-electron chi connectivity index (χ3n) is 3.08. The van der Waals surface area contributed by atoms with E-state index in [0.717, 1.165) is 15.8 Å². The highest BCUT2D eigenvalue weighted by atomic mass is 32.1. The van der Waals surface area contributed by atoms with Crippen LogP contribution in [0.25, 0.3) is 10.1 Å². The first-order valence-corrected chi connectivity index (χ1v) is 7.07. The minimum atomic E-state index is -0.354. The molecule has 0 spiro atoms. The van der Waals surface area contributed by atoms with Crippen molar-refractivity contribution in [2.75, 3.05) is 12.4 Å². The van der Waals surface area contributed by atoms with Gasteiger partial charge in [0.1, 0.15) is 11.4 Å². The van der Waals surface area contributed by atoms with Gasteiger partial charge in [0.2, 0.25) is 0 Å². The summed E-state index contributed by atoms with van der Waals surface area (Å²) >= 11 is 1.17. The monoisotopic (exact) mass is 300 g/mol. The molecule has 0 aliphatic heterocycles. The van der Waals surface area contributed by atoms with Crippen LogP contribution in [0.4, 0.5) is 16.4 Å². The normalized spacial score (nSPS) is 10.5. The number of benzene rings is 2. The summed E-state index contributed by atoms with van der Waals surface area (Å²) < 4.78 is 6.05. The highest BCUT2D eigenvalue weighted by Crippen LogP contribution is 2.43. The van der Waals surface area contributed by atoms with Gasteiger partial charge in [-0.3, -0.25) is 10.1 Å². The van der Waals surface area contributed by atoms with E-state index in [1.54, 1.807) is 13.2 Å². The summed E-state index contributed by atoms with van der Waals surface area (Å²) in [4.78, 5) is 10.9. The number of rotatable bonds is 4. The fraction of sp³-hybridized carbons (Fsp3) is 0.0667. The number of nitrogens with one attached hydrogen (secondary N) is 1. The number of hydrogen-bond donors (Lipinski definition) is 1. The quantitative estimate of drug-likeness (QED) is 0.566. The predicted molar refractivity (Wildman–Crippen MR) is 84.8 cm³/mol. The van der Waals surface area contributed by atoms with E-state index >= 15 is 0 Å². The van der Waals surface area contributed by atoms with E-state index in [1.165, 1.54) is 11.3 Å². The molecule has 106 valence electrons. The van der Waals surface area contributed by atoms with Crippen molar-refractivity contribution in [3.63, 3.8) is 0 Å². The Labute approximate surface area is 124 Å². The number of anilines is 2. The predicted octanol–water partition coefficient (Wildman–Crippen LogP) is 4.56. The second-order valence-corrected chi connectivity index (χ2v) is 5.42. The second kappa shape index (κ2) is 5.41. The second-order valence-electron chi connectivity index (χ2n) is 4.39. The summed E-state index contributed by atoms with van der Waals surface area (Å²) in [5, 5.41) is 15.4. The summed E-state index contributed by atoms with van der Waals surface area (Å²) in [5.74, 6) is 0.696. The van der Waals surface area contributed by atoms with Gasteiger partial charge in [-0.15, -0.1) is 0 Å². The molecule has 0 amide bonds. The topological polar surface area (TPSA) is 64.4 Å². The molecule has 0 saturated heterocycles. The van der Waals surface area contributed by atoms with E-state index < -0.39 is 0 Å². The Balaban J connectivity index is 2.10. The fourth-order valence-corrected chi connectivity index (χ4v) is 3.10. The van der Waals surface area contributed by atoms with Crippen LogP contribution in [0, 0.1) is 10.1 Å². The molecule has 5 nitrogen and oxygen atoms in total. The highest BCUT2D eigenvalue weighted by Gasteiger charge is 2.21. The lowest BCUT2D eigenvalue weighted by atomic mass is 10.2. The minimum absolute atomic E-state index is 0.110. The summed E-state index contributed by atoms with van der Waals surface area (Å²) in [6.07, 6.45) is 0. The van der Waals surface area contributed by atoms with Crippen molar-refractivity contribution >= 4 is 37.8 Å². The molecular weight excluding hydrogens is 288 g/mol. The van der Waals surface area contributed by atoms with Crippen LogP contribution in [0.15, 0.2) is 48.5 Å². The lowest BCUT2D eigenvalue weighted by Gasteiger charge is -2.07. The molecule has 0 aliphatic rings. The molecule has 0 fully saturated rings. The zero-order chi connectivity index (χ0) is 14.8. The molecule has 1 heterocycles. The fourth-order valence-electron chi connectivity index (χ4n) is 2.13.